The number of anilines is 4. The largest absolute Gasteiger partial charge is 0.495 e. The van der Waals surface area contributed by atoms with Crippen molar-refractivity contribution in [2.24, 2.45) is 5.41 Å². The highest BCUT2D eigenvalue weighted by Gasteiger charge is 2.44. The number of rotatable bonds is 23. The molecular weight excluding hydrogens is 1100 g/mol. The molecule has 0 unspecified atom stereocenters. The summed E-state index contributed by atoms with van der Waals surface area (Å²) in [5.74, 6) is 0.415. The minimum atomic E-state index is -3.60. The Balaban J connectivity index is 0.930. The highest BCUT2D eigenvalue weighted by atomic mass is 35.5. The quantitative estimate of drug-likeness (QED) is 0.0383. The molecule has 0 fully saturated rings. The van der Waals surface area contributed by atoms with Crippen LogP contribution >= 0.6 is 11.6 Å². The Morgan fingerprint density at radius 1 is 0.867 bits per heavy atom. The minimum Gasteiger partial charge on any atom is -0.495 e. The van der Waals surface area contributed by atoms with Crippen molar-refractivity contribution in [1.29, 1.82) is 0 Å². The number of fused-ring (bicyclic) bond motifs is 2. The third-order valence-electron chi connectivity index (χ3n) is 14.8. The fourth-order valence-corrected chi connectivity index (χ4v) is 11.3. The van der Waals surface area contributed by atoms with Gasteiger partial charge in [0.15, 0.2) is 15.7 Å². The first kappa shape index (κ1) is 63.6. The number of benzene rings is 4. The maximum Gasteiger partial charge on any atom is 0.410 e. The number of carbonyl (C=O) groups excluding carboxylic acids is 4. The Bertz CT molecular complexity index is 3240. The van der Waals surface area contributed by atoms with E-state index in [1.54, 1.807) is 77.8 Å². The predicted molar refractivity (Wildman–Crippen MR) is 323 cm³/mol. The second-order valence-corrected chi connectivity index (χ2v) is 26.4. The topological polar surface area (TPSA) is 232 Å². The van der Waals surface area contributed by atoms with E-state index in [9.17, 15) is 22.8 Å². The Labute approximate surface area is 494 Å². The number of halogens is 1. The van der Waals surface area contributed by atoms with Crippen LogP contribution in [0.15, 0.2) is 90.0 Å². The standard InChI is InChI=1S/C62H82ClN9O10S/c1-38(2)83(77,78)53-23-16-15-21-49(53)66-55-47(63)36-65-59(70-55)68-50-32-39(3)42(35-52(50)79-12)26-27-64-28-29-80-30-31-81-45-25-24-43-34-51(57(74)67-48-22-17-19-41-18-13-14-20-46(41)48)72(37-44(43)33-45)58(75)54(61(5,6)7)69-56(73)40(4)71(11)60(76)82-62(8,9)10/h13-16,18,20-21,23-25,32-33,35-36,38,40,48,51,54,64H,17,19,22,26-31,34,37H2,1-12H3,(H,67,74)(H,69,73)(H2,65,66,68,70)/t40-,48-,51-,54+/m0/s1. The lowest BCUT2D eigenvalue weighted by molar-refractivity contribution is -0.147. The molecule has 0 spiro atoms. The number of hydrogen-bond acceptors (Lipinski definition) is 15. The monoisotopic (exact) mass is 1180 g/mol. The van der Waals surface area contributed by atoms with Crippen LogP contribution in [0.3, 0.4) is 0 Å². The molecule has 0 radical (unpaired) electrons. The Hall–Kier alpha value is -7.00. The molecule has 19 nitrogen and oxygen atoms in total. The van der Waals surface area contributed by atoms with Crippen LogP contribution in [0.1, 0.15) is 115 Å². The normalized spacial score (nSPS) is 16.0. The number of methoxy groups -OCH3 is 1. The van der Waals surface area contributed by atoms with Gasteiger partial charge >= 0.3 is 6.09 Å². The molecule has 5 aromatic rings. The predicted octanol–water partition coefficient (Wildman–Crippen LogP) is 9.58. The van der Waals surface area contributed by atoms with Crippen molar-refractivity contribution in [2.45, 2.75) is 148 Å². The van der Waals surface area contributed by atoms with Gasteiger partial charge in [-0.3, -0.25) is 19.3 Å². The van der Waals surface area contributed by atoms with Gasteiger partial charge in [0.1, 0.15) is 46.9 Å². The van der Waals surface area contributed by atoms with Crippen molar-refractivity contribution >= 4 is 68.4 Å². The molecular formula is C62H82ClN9O10S. The summed E-state index contributed by atoms with van der Waals surface area (Å²) in [6.07, 6.45) is 4.37. The molecule has 4 aromatic carbocycles. The maximum absolute atomic E-state index is 15.1. The molecule has 1 aromatic heterocycles. The third-order valence-corrected chi connectivity index (χ3v) is 17.3. The average molecular weight is 1180 g/mol. The van der Waals surface area contributed by atoms with Gasteiger partial charge in [0.25, 0.3) is 0 Å². The molecule has 7 rings (SSSR count). The summed E-state index contributed by atoms with van der Waals surface area (Å²) < 4.78 is 49.6. The molecule has 1 aliphatic carbocycles. The number of aromatic nitrogens is 2. The summed E-state index contributed by atoms with van der Waals surface area (Å²) in [5.41, 5.74) is 5.54. The van der Waals surface area contributed by atoms with Crippen LogP contribution in [0.25, 0.3) is 0 Å². The second-order valence-electron chi connectivity index (χ2n) is 23.5. The SMILES string of the molecule is COc1cc(CCNCCOCCOc2ccc3c(c2)CN(C(=O)[C@@H](NC(=O)[C@H](C)N(C)C(=O)OC(C)(C)C)C(C)(C)C)[C@H](C(=O)N[C@H]2CCCc4ccccc42)C3)c(C)cc1Nc1ncc(Cl)c(Nc2ccccc2S(=O)(=O)C(C)C)n1. The molecule has 0 saturated carbocycles. The van der Waals surface area contributed by atoms with E-state index in [0.29, 0.717) is 49.2 Å². The summed E-state index contributed by atoms with van der Waals surface area (Å²) >= 11 is 6.48. The zero-order chi connectivity index (χ0) is 60.4. The average Bonchev–Trinajstić information content (AvgIpc) is 2.64. The first-order valence-corrected chi connectivity index (χ1v) is 30.2. The zero-order valence-corrected chi connectivity index (χ0v) is 51.5. The van der Waals surface area contributed by atoms with Gasteiger partial charge in [0, 0.05) is 26.6 Å². The van der Waals surface area contributed by atoms with Crippen molar-refractivity contribution in [3.05, 3.63) is 123 Å². The van der Waals surface area contributed by atoms with Crippen LogP contribution in [-0.4, -0.2) is 128 Å². The first-order valence-electron chi connectivity index (χ1n) is 28.3. The van der Waals surface area contributed by atoms with Gasteiger partial charge in [-0.2, -0.15) is 4.98 Å². The van der Waals surface area contributed by atoms with Gasteiger partial charge in [-0.25, -0.2) is 18.2 Å². The highest BCUT2D eigenvalue weighted by Crippen LogP contribution is 2.36. The van der Waals surface area contributed by atoms with Gasteiger partial charge < -0.3 is 50.4 Å². The van der Waals surface area contributed by atoms with Crippen LogP contribution in [0.5, 0.6) is 11.5 Å². The maximum atomic E-state index is 15.1. The minimum absolute atomic E-state index is 0.0979. The molecule has 21 heteroatoms. The summed E-state index contributed by atoms with van der Waals surface area (Å²) in [4.78, 5) is 68.3. The van der Waals surface area contributed by atoms with E-state index in [-0.39, 0.29) is 53.2 Å². The van der Waals surface area contributed by atoms with E-state index >= 15 is 4.79 Å². The molecule has 4 amide bonds. The number of nitrogens with one attached hydrogen (secondary N) is 5. The smallest absolute Gasteiger partial charge is 0.410 e. The summed E-state index contributed by atoms with van der Waals surface area (Å²) in [6, 6.07) is 21.3. The number of amides is 4. The van der Waals surface area contributed by atoms with Crippen LogP contribution in [-0.2, 0) is 59.5 Å². The fraction of sp³-hybridized carbons (Fsp3) is 0.484. The van der Waals surface area contributed by atoms with Crippen LogP contribution < -0.4 is 36.1 Å². The number of aryl methyl sites for hydroxylation is 2. The molecule has 448 valence electrons. The van der Waals surface area contributed by atoms with Crippen molar-refractivity contribution in [3.8, 4) is 11.5 Å². The van der Waals surface area contributed by atoms with Crippen LogP contribution in [0.4, 0.5) is 27.9 Å². The summed E-state index contributed by atoms with van der Waals surface area (Å²) in [5, 5.41) is 15.6. The first-order chi connectivity index (χ1) is 39.2. The van der Waals surface area contributed by atoms with Crippen molar-refractivity contribution in [2.75, 3.05) is 57.7 Å². The molecule has 2 heterocycles. The fourth-order valence-electron chi connectivity index (χ4n) is 9.95. The Morgan fingerprint density at radius 3 is 2.33 bits per heavy atom. The van der Waals surface area contributed by atoms with Crippen molar-refractivity contribution in [1.82, 2.24) is 35.7 Å². The highest BCUT2D eigenvalue weighted by molar-refractivity contribution is 7.92. The lowest BCUT2D eigenvalue weighted by Crippen LogP contribution is -2.62. The lowest BCUT2D eigenvalue weighted by Gasteiger charge is -2.42. The summed E-state index contributed by atoms with van der Waals surface area (Å²) in [7, 11) is -0.524. The van der Waals surface area contributed by atoms with Gasteiger partial charge in [-0.05, 0) is 156 Å². The van der Waals surface area contributed by atoms with Gasteiger partial charge in [-0.15, -0.1) is 0 Å². The molecule has 0 saturated heterocycles. The zero-order valence-electron chi connectivity index (χ0n) is 49.9. The van der Waals surface area contributed by atoms with Gasteiger partial charge in [0.05, 0.1) is 54.1 Å². The number of carbonyl (C=O) groups is 4. The number of hydrogen-bond donors (Lipinski definition) is 5. The van der Waals surface area contributed by atoms with E-state index < -0.39 is 62.1 Å². The van der Waals surface area contributed by atoms with E-state index in [1.807, 2.05) is 70.2 Å². The number of sulfone groups is 1. The Kier molecular flexibility index (Phi) is 21.1. The van der Waals surface area contributed by atoms with Gasteiger partial charge in [0.2, 0.25) is 23.7 Å². The number of likely N-dealkylation sites (N-methyl/N-ethyl adjacent to an activating group) is 1. The summed E-state index contributed by atoms with van der Waals surface area (Å²) in [6.45, 7) is 20.1. The van der Waals surface area contributed by atoms with Crippen molar-refractivity contribution in [3.63, 3.8) is 0 Å². The van der Waals surface area contributed by atoms with E-state index in [1.165, 1.54) is 23.7 Å². The van der Waals surface area contributed by atoms with Gasteiger partial charge in [-0.1, -0.05) is 74.8 Å². The number of nitrogens with zero attached hydrogens (tertiary/aromatic N) is 4. The third kappa shape index (κ3) is 16.4. The molecule has 5 N–H and O–H groups in total. The second kappa shape index (κ2) is 27.6. The molecule has 4 atom stereocenters. The Morgan fingerprint density at radius 2 is 1.60 bits per heavy atom. The lowest BCUT2D eigenvalue weighted by atomic mass is 9.83. The van der Waals surface area contributed by atoms with Crippen LogP contribution in [0.2, 0.25) is 5.02 Å². The molecule has 83 heavy (non-hydrogen) atoms. The molecule has 0 bridgehead atoms. The van der Waals surface area contributed by atoms with E-state index in [2.05, 4.69) is 48.7 Å². The van der Waals surface area contributed by atoms with Crippen molar-refractivity contribution < 1.29 is 46.5 Å². The van der Waals surface area contributed by atoms with E-state index in [4.69, 9.17) is 30.5 Å². The van der Waals surface area contributed by atoms with Crippen LogP contribution in [0, 0.1) is 12.3 Å². The number of para-hydroxylation sites is 1. The molecule has 2 aliphatic rings. The number of ether oxygens (including phenoxy) is 4. The molecule has 1 aliphatic heterocycles. The van der Waals surface area contributed by atoms with E-state index in [0.717, 1.165) is 53.5 Å².